The molecule has 0 bridgehead atoms. The van der Waals surface area contributed by atoms with Gasteiger partial charge in [0.2, 0.25) is 0 Å². The monoisotopic (exact) mass is 286 g/mol. The highest BCUT2D eigenvalue weighted by Crippen LogP contribution is 2.23. The first kappa shape index (κ1) is 12.8. The van der Waals surface area contributed by atoms with Crippen LogP contribution < -0.4 is 5.56 Å². The van der Waals surface area contributed by atoms with Crippen molar-refractivity contribution in [3.8, 4) is 11.4 Å². The van der Waals surface area contributed by atoms with Crippen molar-refractivity contribution in [1.82, 2.24) is 9.38 Å². The Hall–Kier alpha value is -2.94. The molecule has 3 aromatic heterocycles. The molecule has 0 saturated heterocycles. The van der Waals surface area contributed by atoms with Crippen LogP contribution in [-0.2, 0) is 0 Å². The lowest BCUT2D eigenvalue weighted by Crippen LogP contribution is -2.17. The molecule has 22 heavy (non-hydrogen) atoms. The third kappa shape index (κ3) is 1.76. The molecule has 0 spiro atoms. The Kier molecular flexibility index (Phi) is 2.79. The van der Waals surface area contributed by atoms with Crippen molar-refractivity contribution in [2.75, 3.05) is 0 Å². The maximum Gasteiger partial charge on any atom is 0.263 e. The van der Waals surface area contributed by atoms with Gasteiger partial charge in [-0.25, -0.2) is 0 Å². The van der Waals surface area contributed by atoms with Crippen molar-refractivity contribution in [3.05, 3.63) is 82.8 Å². The third-order valence-corrected chi connectivity index (χ3v) is 4.07. The van der Waals surface area contributed by atoms with Crippen LogP contribution in [0.5, 0.6) is 0 Å². The smallest absolute Gasteiger partial charge is 0.263 e. The molecule has 0 aliphatic rings. The fourth-order valence-corrected chi connectivity index (χ4v) is 2.99. The van der Waals surface area contributed by atoms with E-state index in [9.17, 15) is 4.79 Å². The lowest BCUT2D eigenvalue weighted by Gasteiger charge is -2.12. The van der Waals surface area contributed by atoms with Gasteiger partial charge < -0.3 is 0 Å². The van der Waals surface area contributed by atoms with Crippen LogP contribution >= 0.6 is 0 Å². The summed E-state index contributed by atoms with van der Waals surface area (Å²) in [6.45, 7) is 2.05. The van der Waals surface area contributed by atoms with Crippen LogP contribution in [0.1, 0.15) is 5.56 Å². The van der Waals surface area contributed by atoms with Crippen molar-refractivity contribution in [1.29, 1.82) is 0 Å². The van der Waals surface area contributed by atoms with Gasteiger partial charge in [-0.05, 0) is 48.2 Å². The zero-order valence-corrected chi connectivity index (χ0v) is 12.2. The fourth-order valence-electron chi connectivity index (χ4n) is 2.99. The molecule has 3 nitrogen and oxygen atoms in total. The largest absolute Gasteiger partial charge is 0.275 e. The second-order valence-electron chi connectivity index (χ2n) is 5.32. The molecule has 0 fully saturated rings. The summed E-state index contributed by atoms with van der Waals surface area (Å²) in [5.41, 5.74) is 3.64. The number of rotatable bonds is 1. The summed E-state index contributed by atoms with van der Waals surface area (Å²) >= 11 is 0. The maximum absolute atomic E-state index is 13.0. The highest BCUT2D eigenvalue weighted by atomic mass is 16.1. The van der Waals surface area contributed by atoms with Crippen LogP contribution in [0, 0.1) is 6.92 Å². The van der Waals surface area contributed by atoms with Gasteiger partial charge in [-0.2, -0.15) is 0 Å². The van der Waals surface area contributed by atoms with Crippen LogP contribution in [0.2, 0.25) is 0 Å². The highest BCUT2D eigenvalue weighted by molar-refractivity contribution is 5.90. The normalized spacial score (nSPS) is 11.1. The lowest BCUT2D eigenvalue weighted by atomic mass is 10.1. The number of fused-ring (bicyclic) bond motifs is 2. The molecule has 0 aliphatic carbocycles. The molecule has 106 valence electrons. The standard InChI is InChI=1S/C19H14N2O/c1-13-14-7-2-3-8-15(14)19(22)21-17(13)10-6-11-18(21)16-9-4-5-12-20-16/h2-12H,1H3. The minimum atomic E-state index is -0.00236. The Morgan fingerprint density at radius 1 is 0.864 bits per heavy atom. The molecule has 0 N–H and O–H groups in total. The van der Waals surface area contributed by atoms with E-state index in [1.54, 1.807) is 10.6 Å². The average Bonchev–Trinajstić information content (AvgIpc) is 2.60. The first-order valence-electron chi connectivity index (χ1n) is 7.22. The molecular formula is C19H14N2O. The second kappa shape index (κ2) is 4.81. The van der Waals surface area contributed by atoms with E-state index in [1.807, 2.05) is 60.7 Å². The Morgan fingerprint density at radius 3 is 2.41 bits per heavy atom. The maximum atomic E-state index is 13.0. The summed E-state index contributed by atoms with van der Waals surface area (Å²) in [5.74, 6) is 0. The molecule has 3 heterocycles. The van der Waals surface area contributed by atoms with Gasteiger partial charge in [0.15, 0.2) is 0 Å². The first-order chi connectivity index (χ1) is 10.8. The first-order valence-corrected chi connectivity index (χ1v) is 7.22. The zero-order valence-electron chi connectivity index (χ0n) is 12.2. The van der Waals surface area contributed by atoms with Crippen molar-refractivity contribution in [2.45, 2.75) is 6.92 Å². The molecule has 0 radical (unpaired) electrons. The number of hydrogen-bond donors (Lipinski definition) is 0. The minimum absolute atomic E-state index is 0.00236. The van der Waals surface area contributed by atoms with Gasteiger partial charge in [-0.15, -0.1) is 0 Å². The summed E-state index contributed by atoms with van der Waals surface area (Å²) in [7, 11) is 0. The summed E-state index contributed by atoms with van der Waals surface area (Å²) < 4.78 is 1.76. The molecule has 0 aliphatic heterocycles. The molecule has 4 rings (SSSR count). The molecule has 4 aromatic rings. The predicted molar refractivity (Wildman–Crippen MR) is 89.1 cm³/mol. The summed E-state index contributed by atoms with van der Waals surface area (Å²) in [4.78, 5) is 17.4. The number of nitrogens with zero attached hydrogens (tertiary/aromatic N) is 2. The second-order valence-corrected chi connectivity index (χ2v) is 5.32. The van der Waals surface area contributed by atoms with Gasteiger partial charge in [0.25, 0.3) is 5.56 Å². The van der Waals surface area contributed by atoms with E-state index in [0.29, 0.717) is 0 Å². The number of benzene rings is 1. The molecule has 3 heteroatoms. The van der Waals surface area contributed by atoms with Gasteiger partial charge in [0.05, 0.1) is 16.9 Å². The van der Waals surface area contributed by atoms with Crippen molar-refractivity contribution < 1.29 is 0 Å². The molecule has 0 unspecified atom stereocenters. The van der Waals surface area contributed by atoms with Gasteiger partial charge in [-0.3, -0.25) is 14.2 Å². The van der Waals surface area contributed by atoms with Crippen LogP contribution in [0.25, 0.3) is 27.7 Å². The molecule has 0 saturated carbocycles. The van der Waals surface area contributed by atoms with E-state index in [1.165, 1.54) is 0 Å². The number of pyridine rings is 3. The number of hydrogen-bond acceptors (Lipinski definition) is 2. The SMILES string of the molecule is Cc1c2ccccc2c(=O)n2c(-c3ccccn3)cccc12. The van der Waals surface area contributed by atoms with Crippen LogP contribution in [0.3, 0.4) is 0 Å². The molecule has 0 amide bonds. The predicted octanol–water partition coefficient (Wildman–Crippen LogP) is 3.82. The Morgan fingerprint density at radius 2 is 1.64 bits per heavy atom. The molecule has 1 aromatic carbocycles. The van der Waals surface area contributed by atoms with Gasteiger partial charge in [0.1, 0.15) is 0 Å². The van der Waals surface area contributed by atoms with Crippen molar-refractivity contribution >= 4 is 16.3 Å². The van der Waals surface area contributed by atoms with E-state index < -0.39 is 0 Å². The summed E-state index contributed by atoms with van der Waals surface area (Å²) in [5, 5.41) is 1.74. The Bertz CT molecular complexity index is 1050. The van der Waals surface area contributed by atoms with Gasteiger partial charge in [0, 0.05) is 11.6 Å². The minimum Gasteiger partial charge on any atom is -0.275 e. The third-order valence-electron chi connectivity index (χ3n) is 4.07. The van der Waals surface area contributed by atoms with Crippen LogP contribution in [-0.4, -0.2) is 9.38 Å². The van der Waals surface area contributed by atoms with E-state index in [4.69, 9.17) is 0 Å². The van der Waals surface area contributed by atoms with E-state index in [-0.39, 0.29) is 5.56 Å². The molecular weight excluding hydrogens is 272 g/mol. The summed E-state index contributed by atoms with van der Waals surface area (Å²) in [6.07, 6.45) is 1.74. The number of aromatic nitrogens is 2. The quantitative estimate of drug-likeness (QED) is 0.498. The number of aryl methyl sites for hydroxylation is 1. The van der Waals surface area contributed by atoms with Gasteiger partial charge in [-0.1, -0.05) is 30.3 Å². The Balaban J connectivity index is 2.24. The topological polar surface area (TPSA) is 34.4 Å². The molecule has 0 atom stereocenters. The van der Waals surface area contributed by atoms with Crippen LogP contribution in [0.4, 0.5) is 0 Å². The lowest BCUT2D eigenvalue weighted by molar-refractivity contribution is 1.10. The fraction of sp³-hybridized carbons (Fsp3) is 0.0526. The van der Waals surface area contributed by atoms with Crippen molar-refractivity contribution in [2.24, 2.45) is 0 Å². The van der Waals surface area contributed by atoms with E-state index in [0.717, 1.165) is 33.2 Å². The summed E-state index contributed by atoms with van der Waals surface area (Å²) in [6, 6.07) is 19.4. The Labute approximate surface area is 127 Å². The van der Waals surface area contributed by atoms with Crippen molar-refractivity contribution in [3.63, 3.8) is 0 Å². The van der Waals surface area contributed by atoms with E-state index >= 15 is 0 Å². The zero-order chi connectivity index (χ0) is 15.1. The average molecular weight is 286 g/mol. The van der Waals surface area contributed by atoms with Crippen LogP contribution in [0.15, 0.2) is 71.7 Å². The van der Waals surface area contributed by atoms with E-state index in [2.05, 4.69) is 11.9 Å². The van der Waals surface area contributed by atoms with Gasteiger partial charge >= 0.3 is 0 Å². The highest BCUT2D eigenvalue weighted by Gasteiger charge is 2.12.